The Bertz CT molecular complexity index is 574. The molecule has 0 aliphatic carbocycles. The van der Waals surface area contributed by atoms with Crippen molar-refractivity contribution >= 4 is 29.3 Å². The van der Waals surface area contributed by atoms with E-state index in [1.54, 1.807) is 11.8 Å². The lowest BCUT2D eigenvalue weighted by molar-refractivity contribution is -0.132. The number of thioether (sulfide) groups is 1. The normalized spacial score (nSPS) is 20.3. The maximum Gasteiger partial charge on any atom is 0.235 e. The summed E-state index contributed by atoms with van der Waals surface area (Å²) in [7, 11) is 0. The number of nitrogens with zero attached hydrogens (tertiary/aromatic N) is 1. The van der Waals surface area contributed by atoms with Gasteiger partial charge < -0.3 is 16.0 Å². The van der Waals surface area contributed by atoms with Gasteiger partial charge in [0.1, 0.15) is 0 Å². The van der Waals surface area contributed by atoms with Crippen molar-refractivity contribution in [3.05, 3.63) is 24.3 Å². The van der Waals surface area contributed by atoms with Crippen molar-refractivity contribution in [2.75, 3.05) is 18.4 Å². The number of likely N-dealkylation sites (tertiary alicyclic amines) is 1. The molecule has 24 heavy (non-hydrogen) atoms. The van der Waals surface area contributed by atoms with E-state index < -0.39 is 0 Å². The molecule has 1 saturated heterocycles. The van der Waals surface area contributed by atoms with Crippen LogP contribution in [0.5, 0.6) is 0 Å². The maximum absolute atomic E-state index is 12.7. The van der Waals surface area contributed by atoms with Gasteiger partial charge in [0, 0.05) is 36.6 Å². The van der Waals surface area contributed by atoms with Crippen LogP contribution in [-0.2, 0) is 9.59 Å². The van der Waals surface area contributed by atoms with Gasteiger partial charge in [-0.15, -0.1) is 11.8 Å². The van der Waals surface area contributed by atoms with Crippen LogP contribution in [0, 0.1) is 5.92 Å². The second-order valence-corrected chi connectivity index (χ2v) is 7.93. The number of piperidine rings is 1. The third kappa shape index (κ3) is 5.24. The molecule has 1 aromatic rings. The number of hydrogen-bond donors (Lipinski definition) is 2. The number of rotatable bonds is 5. The molecular weight excluding hydrogens is 322 g/mol. The molecule has 2 amide bonds. The minimum absolute atomic E-state index is 0.0901. The van der Waals surface area contributed by atoms with Crippen LogP contribution < -0.4 is 11.1 Å². The van der Waals surface area contributed by atoms with Gasteiger partial charge in [-0.25, -0.2) is 0 Å². The highest BCUT2D eigenvalue weighted by molar-refractivity contribution is 8.00. The molecule has 6 heteroatoms. The topological polar surface area (TPSA) is 75.4 Å². The van der Waals surface area contributed by atoms with Gasteiger partial charge >= 0.3 is 0 Å². The molecule has 1 fully saturated rings. The second kappa shape index (κ2) is 8.53. The van der Waals surface area contributed by atoms with Gasteiger partial charge in [-0.05, 0) is 56.9 Å². The standard InChI is InChI=1S/C18H27N3O2S/c1-12(19)15-5-4-10-21(11-15)18(23)13(2)24-17-8-6-16(7-9-17)20-14(3)22/h6-9,12-13,15H,4-5,10-11,19H2,1-3H3,(H,20,22). The Morgan fingerprint density at radius 1 is 1.29 bits per heavy atom. The van der Waals surface area contributed by atoms with E-state index in [9.17, 15) is 9.59 Å². The third-order valence-corrected chi connectivity index (χ3v) is 5.45. The number of hydrogen-bond acceptors (Lipinski definition) is 4. The molecule has 3 N–H and O–H groups in total. The monoisotopic (exact) mass is 349 g/mol. The molecule has 3 unspecified atom stereocenters. The maximum atomic E-state index is 12.7. The van der Waals surface area contributed by atoms with Crippen LogP contribution >= 0.6 is 11.8 Å². The van der Waals surface area contributed by atoms with Crippen LogP contribution in [0.25, 0.3) is 0 Å². The summed E-state index contributed by atoms with van der Waals surface area (Å²) < 4.78 is 0. The molecule has 3 atom stereocenters. The molecule has 5 nitrogen and oxygen atoms in total. The molecule has 1 aliphatic rings. The number of nitrogens with two attached hydrogens (primary N) is 1. The zero-order valence-corrected chi connectivity index (χ0v) is 15.4. The summed E-state index contributed by atoms with van der Waals surface area (Å²) >= 11 is 1.55. The van der Waals surface area contributed by atoms with E-state index in [1.165, 1.54) is 6.92 Å². The molecule has 132 valence electrons. The molecule has 0 spiro atoms. The second-order valence-electron chi connectivity index (χ2n) is 6.51. The Morgan fingerprint density at radius 2 is 1.96 bits per heavy atom. The molecular formula is C18H27N3O2S. The summed E-state index contributed by atoms with van der Waals surface area (Å²) in [6.45, 7) is 7.05. The first-order valence-corrected chi connectivity index (χ1v) is 9.33. The Morgan fingerprint density at radius 3 is 2.54 bits per heavy atom. The van der Waals surface area contributed by atoms with E-state index in [0.717, 1.165) is 36.5 Å². The van der Waals surface area contributed by atoms with Crippen molar-refractivity contribution in [2.24, 2.45) is 11.7 Å². The molecule has 0 bridgehead atoms. The van der Waals surface area contributed by atoms with Crippen molar-refractivity contribution in [3.63, 3.8) is 0 Å². The van der Waals surface area contributed by atoms with Crippen molar-refractivity contribution in [1.29, 1.82) is 0 Å². The molecule has 0 saturated carbocycles. The zero-order valence-electron chi connectivity index (χ0n) is 14.6. The highest BCUT2D eigenvalue weighted by atomic mass is 32.2. The first-order chi connectivity index (χ1) is 11.4. The first kappa shape index (κ1) is 18.8. The molecule has 1 aromatic carbocycles. The predicted molar refractivity (Wildman–Crippen MR) is 99.0 cm³/mol. The fourth-order valence-corrected chi connectivity index (χ4v) is 3.92. The van der Waals surface area contributed by atoms with Crippen LogP contribution in [0.3, 0.4) is 0 Å². The Hall–Kier alpha value is -1.53. The fourth-order valence-electron chi connectivity index (χ4n) is 2.97. The zero-order chi connectivity index (χ0) is 17.7. The summed E-state index contributed by atoms with van der Waals surface area (Å²) in [4.78, 5) is 26.7. The van der Waals surface area contributed by atoms with Gasteiger partial charge in [0.25, 0.3) is 0 Å². The van der Waals surface area contributed by atoms with E-state index >= 15 is 0 Å². The lowest BCUT2D eigenvalue weighted by atomic mass is 9.92. The Labute approximate surface area is 148 Å². The number of anilines is 1. The van der Waals surface area contributed by atoms with Gasteiger partial charge in [-0.3, -0.25) is 9.59 Å². The van der Waals surface area contributed by atoms with Gasteiger partial charge in [0.15, 0.2) is 0 Å². The van der Waals surface area contributed by atoms with Crippen LogP contribution in [0.15, 0.2) is 29.2 Å². The summed E-state index contributed by atoms with van der Waals surface area (Å²) in [5.41, 5.74) is 6.77. The average molecular weight is 350 g/mol. The number of benzene rings is 1. The van der Waals surface area contributed by atoms with Crippen LogP contribution in [0.1, 0.15) is 33.6 Å². The lowest BCUT2D eigenvalue weighted by Gasteiger charge is -2.35. The van der Waals surface area contributed by atoms with Gasteiger partial charge in [0.05, 0.1) is 5.25 Å². The number of carbonyl (C=O) groups excluding carboxylic acids is 2. The fraction of sp³-hybridized carbons (Fsp3) is 0.556. The van der Waals surface area contributed by atoms with Gasteiger partial charge in [-0.2, -0.15) is 0 Å². The van der Waals surface area contributed by atoms with Gasteiger partial charge in [0.2, 0.25) is 11.8 Å². The number of amides is 2. The largest absolute Gasteiger partial charge is 0.341 e. The van der Waals surface area contributed by atoms with E-state index in [4.69, 9.17) is 5.73 Å². The van der Waals surface area contributed by atoms with Crippen LogP contribution in [0.4, 0.5) is 5.69 Å². The molecule has 1 heterocycles. The average Bonchev–Trinajstić information content (AvgIpc) is 2.55. The van der Waals surface area contributed by atoms with Gasteiger partial charge in [-0.1, -0.05) is 0 Å². The van der Waals surface area contributed by atoms with Crippen molar-refractivity contribution in [3.8, 4) is 0 Å². The highest BCUT2D eigenvalue weighted by Crippen LogP contribution is 2.27. The molecule has 0 aromatic heterocycles. The summed E-state index contributed by atoms with van der Waals surface area (Å²) in [6, 6.07) is 7.70. The number of carbonyl (C=O) groups is 2. The van der Waals surface area contributed by atoms with Crippen LogP contribution in [0.2, 0.25) is 0 Å². The molecule has 1 aliphatic heterocycles. The molecule has 0 radical (unpaired) electrons. The summed E-state index contributed by atoms with van der Waals surface area (Å²) in [5.74, 6) is 0.487. The highest BCUT2D eigenvalue weighted by Gasteiger charge is 2.28. The molecule has 2 rings (SSSR count). The summed E-state index contributed by atoms with van der Waals surface area (Å²) in [5, 5.41) is 2.60. The van der Waals surface area contributed by atoms with E-state index in [1.807, 2.05) is 43.0 Å². The third-order valence-electron chi connectivity index (χ3n) is 4.35. The van der Waals surface area contributed by atoms with E-state index in [2.05, 4.69) is 5.32 Å². The Balaban J connectivity index is 1.92. The smallest absolute Gasteiger partial charge is 0.235 e. The summed E-state index contributed by atoms with van der Waals surface area (Å²) in [6.07, 6.45) is 2.13. The first-order valence-electron chi connectivity index (χ1n) is 8.45. The SMILES string of the molecule is CC(=O)Nc1ccc(SC(C)C(=O)N2CCCC(C(C)N)C2)cc1. The quantitative estimate of drug-likeness (QED) is 0.802. The number of nitrogens with one attached hydrogen (secondary N) is 1. The van der Waals surface area contributed by atoms with Crippen molar-refractivity contribution < 1.29 is 9.59 Å². The van der Waals surface area contributed by atoms with E-state index in [0.29, 0.717) is 5.92 Å². The minimum Gasteiger partial charge on any atom is -0.341 e. The van der Waals surface area contributed by atoms with Crippen LogP contribution in [-0.4, -0.2) is 41.1 Å². The lowest BCUT2D eigenvalue weighted by Crippen LogP contribution is -2.47. The Kier molecular flexibility index (Phi) is 6.69. The van der Waals surface area contributed by atoms with E-state index in [-0.39, 0.29) is 23.1 Å². The minimum atomic E-state index is -0.136. The predicted octanol–water partition coefficient (Wildman–Crippen LogP) is 2.71. The van der Waals surface area contributed by atoms with Crippen molar-refractivity contribution in [2.45, 2.75) is 49.8 Å². The van der Waals surface area contributed by atoms with Crippen molar-refractivity contribution in [1.82, 2.24) is 4.90 Å².